The van der Waals surface area contributed by atoms with Crippen molar-refractivity contribution in [1.82, 2.24) is 5.32 Å². The van der Waals surface area contributed by atoms with Gasteiger partial charge in [-0.05, 0) is 36.9 Å². The number of sulfonamides is 1. The van der Waals surface area contributed by atoms with Gasteiger partial charge in [-0.1, -0.05) is 12.1 Å². The summed E-state index contributed by atoms with van der Waals surface area (Å²) in [6.45, 7) is 0.611. The van der Waals surface area contributed by atoms with Crippen molar-refractivity contribution in [2.75, 3.05) is 11.8 Å². The maximum atomic E-state index is 13.5. The first-order valence-electron chi connectivity index (χ1n) is 6.14. The lowest BCUT2D eigenvalue weighted by molar-refractivity contribution is 0.583. The monoisotopic (exact) mass is 312 g/mol. The lowest BCUT2D eigenvalue weighted by Crippen LogP contribution is -2.14. The van der Waals surface area contributed by atoms with Gasteiger partial charge in [0, 0.05) is 12.6 Å². The van der Waals surface area contributed by atoms with E-state index in [1.807, 2.05) is 0 Å². The third kappa shape index (κ3) is 3.77. The number of rotatable bonds is 5. The van der Waals surface area contributed by atoms with Crippen molar-refractivity contribution in [3.63, 3.8) is 0 Å². The topological polar surface area (TPSA) is 58.2 Å². The minimum atomic E-state index is -3.91. The van der Waals surface area contributed by atoms with Crippen LogP contribution >= 0.6 is 0 Å². The molecule has 2 aromatic carbocycles. The largest absolute Gasteiger partial charge is 0.316 e. The summed E-state index contributed by atoms with van der Waals surface area (Å²) in [7, 11) is -2.13. The van der Waals surface area contributed by atoms with Crippen molar-refractivity contribution in [1.29, 1.82) is 0 Å². The number of halogens is 2. The van der Waals surface area contributed by atoms with Crippen molar-refractivity contribution in [3.8, 4) is 0 Å². The van der Waals surface area contributed by atoms with Gasteiger partial charge in [-0.3, -0.25) is 4.72 Å². The Morgan fingerprint density at radius 2 is 1.71 bits per heavy atom. The molecule has 0 spiro atoms. The molecule has 0 aromatic heterocycles. The Labute approximate surface area is 121 Å². The number of hydrogen-bond acceptors (Lipinski definition) is 3. The maximum absolute atomic E-state index is 13.5. The molecule has 112 valence electrons. The van der Waals surface area contributed by atoms with Crippen LogP contribution in [0.25, 0.3) is 0 Å². The predicted octanol–water partition coefficient (Wildman–Crippen LogP) is 2.49. The Morgan fingerprint density at radius 3 is 2.29 bits per heavy atom. The molecule has 2 aromatic rings. The van der Waals surface area contributed by atoms with Crippen LogP contribution in [0.5, 0.6) is 0 Å². The van der Waals surface area contributed by atoms with Crippen molar-refractivity contribution in [3.05, 3.63) is 59.7 Å². The van der Waals surface area contributed by atoms with Gasteiger partial charge in [0.15, 0.2) is 0 Å². The first kappa shape index (κ1) is 15.4. The normalized spacial score (nSPS) is 11.4. The van der Waals surface area contributed by atoms with E-state index in [4.69, 9.17) is 0 Å². The highest BCUT2D eigenvalue weighted by atomic mass is 32.2. The highest BCUT2D eigenvalue weighted by Crippen LogP contribution is 2.20. The molecule has 0 aliphatic carbocycles. The van der Waals surface area contributed by atoms with Crippen LogP contribution in [-0.4, -0.2) is 15.5 Å². The molecular weight excluding hydrogens is 298 g/mol. The van der Waals surface area contributed by atoms with Crippen LogP contribution in [0.15, 0.2) is 47.4 Å². The van der Waals surface area contributed by atoms with Gasteiger partial charge in [0.1, 0.15) is 11.6 Å². The average molecular weight is 312 g/mol. The van der Waals surface area contributed by atoms with Gasteiger partial charge < -0.3 is 5.32 Å². The van der Waals surface area contributed by atoms with E-state index < -0.39 is 21.7 Å². The van der Waals surface area contributed by atoms with Crippen molar-refractivity contribution >= 4 is 15.7 Å². The summed E-state index contributed by atoms with van der Waals surface area (Å²) < 4.78 is 52.6. The minimum Gasteiger partial charge on any atom is -0.316 e. The summed E-state index contributed by atoms with van der Waals surface area (Å²) in [5, 5.41) is 2.94. The number of hydrogen-bond donors (Lipinski definition) is 2. The molecule has 0 heterocycles. The van der Waals surface area contributed by atoms with Crippen LogP contribution in [0, 0.1) is 11.6 Å². The summed E-state index contributed by atoms with van der Waals surface area (Å²) in [5.74, 6) is -1.74. The quantitative estimate of drug-likeness (QED) is 0.892. The van der Waals surface area contributed by atoms with E-state index in [1.165, 1.54) is 12.1 Å². The second-order valence-electron chi connectivity index (χ2n) is 4.40. The number of benzene rings is 2. The van der Waals surface area contributed by atoms with Gasteiger partial charge in [0.2, 0.25) is 0 Å². The van der Waals surface area contributed by atoms with Gasteiger partial charge >= 0.3 is 0 Å². The van der Waals surface area contributed by atoms with E-state index in [0.29, 0.717) is 12.6 Å². The van der Waals surface area contributed by atoms with E-state index >= 15 is 0 Å². The van der Waals surface area contributed by atoms with E-state index in [9.17, 15) is 17.2 Å². The number of nitrogens with one attached hydrogen (secondary N) is 2. The molecule has 2 N–H and O–H groups in total. The third-order valence-corrected chi connectivity index (χ3v) is 4.17. The summed E-state index contributed by atoms with van der Waals surface area (Å²) in [6.07, 6.45) is 0. The molecule has 0 aliphatic heterocycles. The summed E-state index contributed by atoms with van der Waals surface area (Å²) in [5.41, 5.74) is 0.625. The summed E-state index contributed by atoms with van der Waals surface area (Å²) in [6, 6.07) is 8.81. The van der Waals surface area contributed by atoms with Gasteiger partial charge in [-0.15, -0.1) is 0 Å². The Balaban J connectivity index is 2.25. The average Bonchev–Trinajstić information content (AvgIpc) is 2.43. The molecule has 0 bridgehead atoms. The summed E-state index contributed by atoms with van der Waals surface area (Å²) in [4.78, 5) is 0.00563. The van der Waals surface area contributed by atoms with Crippen LogP contribution < -0.4 is 10.0 Å². The molecule has 7 heteroatoms. The lowest BCUT2D eigenvalue weighted by Gasteiger charge is -2.09. The molecule has 0 saturated heterocycles. The lowest BCUT2D eigenvalue weighted by atomic mass is 10.2. The molecule has 0 saturated carbocycles. The highest BCUT2D eigenvalue weighted by molar-refractivity contribution is 7.92. The zero-order valence-electron chi connectivity index (χ0n) is 11.2. The van der Waals surface area contributed by atoms with Crippen molar-refractivity contribution < 1.29 is 17.2 Å². The first-order chi connectivity index (χ1) is 9.92. The van der Waals surface area contributed by atoms with Crippen LogP contribution in [0.3, 0.4) is 0 Å². The predicted molar refractivity (Wildman–Crippen MR) is 76.4 cm³/mol. The van der Waals surface area contributed by atoms with Gasteiger partial charge in [0.05, 0.1) is 10.6 Å². The highest BCUT2D eigenvalue weighted by Gasteiger charge is 2.16. The zero-order valence-corrected chi connectivity index (χ0v) is 12.0. The van der Waals surface area contributed by atoms with Gasteiger partial charge in [0.25, 0.3) is 10.0 Å². The zero-order chi connectivity index (χ0) is 15.5. The fourth-order valence-corrected chi connectivity index (χ4v) is 2.83. The van der Waals surface area contributed by atoms with Crippen molar-refractivity contribution in [2.24, 2.45) is 0 Å². The fourth-order valence-electron chi connectivity index (χ4n) is 1.77. The van der Waals surface area contributed by atoms with E-state index in [2.05, 4.69) is 10.0 Å². The van der Waals surface area contributed by atoms with Gasteiger partial charge in [-0.25, -0.2) is 17.2 Å². The molecule has 4 nitrogen and oxygen atoms in total. The standard InChI is InChI=1S/C14H14F2N2O2S/c1-17-9-10-2-5-12(6-3-10)21(19,20)18-14-7-4-11(15)8-13(14)16/h2-8,17-18H,9H2,1H3. The Morgan fingerprint density at radius 1 is 1.05 bits per heavy atom. The summed E-state index contributed by atoms with van der Waals surface area (Å²) >= 11 is 0. The van der Waals surface area contributed by atoms with E-state index in [-0.39, 0.29) is 10.6 Å². The number of anilines is 1. The molecule has 0 amide bonds. The molecule has 21 heavy (non-hydrogen) atoms. The fraction of sp³-hybridized carbons (Fsp3) is 0.143. The first-order valence-corrected chi connectivity index (χ1v) is 7.62. The van der Waals surface area contributed by atoms with Crippen LogP contribution in [0.1, 0.15) is 5.56 Å². The molecule has 0 aliphatic rings. The van der Waals surface area contributed by atoms with E-state index in [1.54, 1.807) is 19.2 Å². The smallest absolute Gasteiger partial charge is 0.261 e. The Hall–Kier alpha value is -1.99. The second kappa shape index (κ2) is 6.19. The molecule has 0 unspecified atom stereocenters. The second-order valence-corrected chi connectivity index (χ2v) is 6.09. The van der Waals surface area contributed by atoms with Crippen molar-refractivity contribution in [2.45, 2.75) is 11.4 Å². The molecule has 0 atom stereocenters. The van der Waals surface area contributed by atoms with Gasteiger partial charge in [-0.2, -0.15) is 0 Å². The third-order valence-electron chi connectivity index (χ3n) is 2.79. The molecular formula is C14H14F2N2O2S. The van der Waals surface area contributed by atoms with Crippen LogP contribution in [0.4, 0.5) is 14.5 Å². The Kier molecular flexibility index (Phi) is 4.54. The molecule has 0 radical (unpaired) electrons. The Bertz CT molecular complexity index is 731. The van der Waals surface area contributed by atoms with Crippen LogP contribution in [0.2, 0.25) is 0 Å². The SMILES string of the molecule is CNCc1ccc(S(=O)(=O)Nc2ccc(F)cc2F)cc1. The van der Waals surface area contributed by atoms with E-state index in [0.717, 1.165) is 17.7 Å². The van der Waals surface area contributed by atoms with Crippen LogP contribution in [-0.2, 0) is 16.6 Å². The minimum absolute atomic E-state index is 0.00563. The maximum Gasteiger partial charge on any atom is 0.261 e. The molecule has 2 rings (SSSR count). The molecule has 0 fully saturated rings.